The average molecular weight is 401 g/mol. The van der Waals surface area contributed by atoms with Gasteiger partial charge in [0.25, 0.3) is 0 Å². The summed E-state index contributed by atoms with van der Waals surface area (Å²) in [4.78, 5) is 19.0. The fraction of sp³-hybridized carbons (Fsp3) is 0.400. The van der Waals surface area contributed by atoms with Gasteiger partial charge in [-0.2, -0.15) is 4.31 Å². The number of sulfonamides is 1. The van der Waals surface area contributed by atoms with Gasteiger partial charge in [-0.15, -0.1) is 0 Å². The third kappa shape index (κ3) is 3.94. The number of nitrogens with zero attached hydrogens (tertiary/aromatic N) is 3. The minimum atomic E-state index is -3.60. The van der Waals surface area contributed by atoms with Crippen molar-refractivity contribution in [3.63, 3.8) is 0 Å². The van der Waals surface area contributed by atoms with Crippen LogP contribution in [0.2, 0.25) is 0 Å². The van der Waals surface area contributed by atoms with Gasteiger partial charge in [-0.25, -0.2) is 8.42 Å². The number of carbonyl (C=O) groups is 1. The fourth-order valence-electron chi connectivity index (χ4n) is 3.82. The molecule has 1 aromatic carbocycles. The van der Waals surface area contributed by atoms with Crippen LogP contribution in [-0.4, -0.2) is 67.4 Å². The molecule has 1 aromatic heterocycles. The highest BCUT2D eigenvalue weighted by atomic mass is 32.2. The van der Waals surface area contributed by atoms with Crippen LogP contribution in [0.4, 0.5) is 0 Å². The molecule has 0 N–H and O–H groups in total. The molecule has 0 unspecified atom stereocenters. The molecule has 8 heteroatoms. The molecule has 2 aliphatic rings. The van der Waals surface area contributed by atoms with Gasteiger partial charge in [0, 0.05) is 37.9 Å². The number of hydrogen-bond donors (Lipinski definition) is 0. The highest BCUT2D eigenvalue weighted by molar-refractivity contribution is 7.89. The molecule has 2 bridgehead atoms. The van der Waals surface area contributed by atoms with E-state index in [9.17, 15) is 13.2 Å². The smallest absolute Gasteiger partial charge is 0.243 e. The number of ether oxygens (including phenoxy) is 1. The molecule has 0 spiro atoms. The van der Waals surface area contributed by atoms with E-state index in [1.54, 1.807) is 47.6 Å². The number of aromatic nitrogens is 1. The lowest BCUT2D eigenvalue weighted by Gasteiger charge is -2.31. The summed E-state index contributed by atoms with van der Waals surface area (Å²) < 4.78 is 33.5. The number of hydrogen-bond acceptors (Lipinski definition) is 5. The van der Waals surface area contributed by atoms with Gasteiger partial charge < -0.3 is 9.64 Å². The van der Waals surface area contributed by atoms with Crippen molar-refractivity contribution in [1.82, 2.24) is 14.2 Å². The van der Waals surface area contributed by atoms with Crippen LogP contribution in [0.5, 0.6) is 0 Å². The average Bonchev–Trinajstić information content (AvgIpc) is 3.01. The SMILES string of the molecule is O=C(Cc1ccncc1)N1C[C@H]2COC[C@@H]1CN(S(=O)(=O)c1ccccc1)C2. The minimum absolute atomic E-state index is 0.00865. The van der Waals surface area contributed by atoms with Crippen molar-refractivity contribution in [2.24, 2.45) is 5.92 Å². The van der Waals surface area contributed by atoms with Gasteiger partial charge in [-0.3, -0.25) is 9.78 Å². The number of pyridine rings is 1. The molecule has 3 heterocycles. The van der Waals surface area contributed by atoms with Gasteiger partial charge in [0.15, 0.2) is 0 Å². The lowest BCUT2D eigenvalue weighted by atomic mass is 10.1. The summed E-state index contributed by atoms with van der Waals surface area (Å²) >= 11 is 0. The predicted molar refractivity (Wildman–Crippen MR) is 103 cm³/mol. The Labute approximate surface area is 165 Å². The van der Waals surface area contributed by atoms with E-state index in [2.05, 4.69) is 4.98 Å². The zero-order chi connectivity index (χ0) is 19.6. The van der Waals surface area contributed by atoms with Crippen molar-refractivity contribution < 1.29 is 17.9 Å². The molecule has 2 atom stereocenters. The Bertz CT molecular complexity index is 921. The number of benzene rings is 1. The molecule has 2 aliphatic heterocycles. The monoisotopic (exact) mass is 401 g/mol. The van der Waals surface area contributed by atoms with Gasteiger partial charge in [0.05, 0.1) is 30.6 Å². The topological polar surface area (TPSA) is 79.8 Å². The molecule has 28 heavy (non-hydrogen) atoms. The number of amides is 1. The second-order valence-corrected chi connectivity index (χ2v) is 9.21. The van der Waals surface area contributed by atoms with E-state index in [0.29, 0.717) is 26.3 Å². The lowest BCUT2D eigenvalue weighted by molar-refractivity contribution is -0.133. The van der Waals surface area contributed by atoms with Crippen LogP contribution in [0, 0.1) is 5.92 Å². The summed E-state index contributed by atoms with van der Waals surface area (Å²) in [7, 11) is -3.60. The van der Waals surface area contributed by atoms with Crippen molar-refractivity contribution >= 4 is 15.9 Å². The van der Waals surface area contributed by atoms with Crippen molar-refractivity contribution in [3.8, 4) is 0 Å². The molecule has 7 nitrogen and oxygen atoms in total. The molecule has 4 rings (SSSR count). The zero-order valence-electron chi connectivity index (χ0n) is 15.5. The number of fused-ring (bicyclic) bond motifs is 3. The quantitative estimate of drug-likeness (QED) is 0.768. The first-order valence-corrected chi connectivity index (χ1v) is 10.8. The van der Waals surface area contributed by atoms with E-state index in [1.807, 2.05) is 12.1 Å². The van der Waals surface area contributed by atoms with Crippen molar-refractivity contribution in [1.29, 1.82) is 0 Å². The van der Waals surface area contributed by atoms with Crippen LogP contribution in [0.25, 0.3) is 0 Å². The first kappa shape index (κ1) is 19.0. The van der Waals surface area contributed by atoms with E-state index in [1.165, 1.54) is 4.31 Å². The third-order valence-corrected chi connectivity index (χ3v) is 7.09. The van der Waals surface area contributed by atoms with Crippen molar-refractivity contribution in [2.45, 2.75) is 17.4 Å². The first-order chi connectivity index (χ1) is 13.5. The van der Waals surface area contributed by atoms with Crippen LogP contribution in [0.3, 0.4) is 0 Å². The maximum Gasteiger partial charge on any atom is 0.243 e. The standard InChI is InChI=1S/C20H23N3O4S/c24-20(10-16-6-8-21-9-7-16)23-12-17-11-22(13-18(23)15-27-14-17)28(25,26)19-4-2-1-3-5-19/h1-9,17-18H,10-15H2/t17-,18-/m0/s1. The summed E-state index contributed by atoms with van der Waals surface area (Å²) in [5.41, 5.74) is 0.897. The Morgan fingerprint density at radius 1 is 1.04 bits per heavy atom. The van der Waals surface area contributed by atoms with E-state index in [4.69, 9.17) is 4.74 Å². The first-order valence-electron chi connectivity index (χ1n) is 9.35. The molecule has 148 valence electrons. The fourth-order valence-corrected chi connectivity index (χ4v) is 5.39. The zero-order valence-corrected chi connectivity index (χ0v) is 16.3. The predicted octanol–water partition coefficient (Wildman–Crippen LogP) is 1.17. The highest BCUT2D eigenvalue weighted by Crippen LogP contribution is 2.25. The Balaban J connectivity index is 1.56. The minimum Gasteiger partial charge on any atom is -0.379 e. The Kier molecular flexibility index (Phi) is 5.43. The normalized spacial score (nSPS) is 23.2. The molecule has 2 saturated heterocycles. The Morgan fingerprint density at radius 3 is 2.54 bits per heavy atom. The van der Waals surface area contributed by atoms with Gasteiger partial charge in [-0.05, 0) is 29.8 Å². The molecule has 0 radical (unpaired) electrons. The van der Waals surface area contributed by atoms with Crippen molar-refractivity contribution in [2.75, 3.05) is 32.8 Å². The van der Waals surface area contributed by atoms with E-state index >= 15 is 0 Å². The van der Waals surface area contributed by atoms with Crippen LogP contribution in [0.1, 0.15) is 5.56 Å². The summed E-state index contributed by atoms with van der Waals surface area (Å²) in [5.74, 6) is -0.0574. The largest absolute Gasteiger partial charge is 0.379 e. The van der Waals surface area contributed by atoms with Gasteiger partial charge in [0.2, 0.25) is 15.9 Å². The van der Waals surface area contributed by atoms with Gasteiger partial charge >= 0.3 is 0 Å². The van der Waals surface area contributed by atoms with E-state index in [-0.39, 0.29) is 35.7 Å². The Hall–Kier alpha value is -2.29. The summed E-state index contributed by atoms with van der Waals surface area (Å²) in [6.45, 7) is 1.91. The number of carbonyl (C=O) groups excluding carboxylic acids is 1. The van der Waals surface area contributed by atoms with Crippen LogP contribution < -0.4 is 0 Å². The maximum atomic E-state index is 13.1. The summed E-state index contributed by atoms with van der Waals surface area (Å²) in [5, 5.41) is 0. The highest BCUT2D eigenvalue weighted by Gasteiger charge is 2.39. The second-order valence-electron chi connectivity index (χ2n) is 7.27. The van der Waals surface area contributed by atoms with Gasteiger partial charge in [-0.1, -0.05) is 18.2 Å². The van der Waals surface area contributed by atoms with Crippen LogP contribution in [-0.2, 0) is 26.0 Å². The van der Waals surface area contributed by atoms with Crippen molar-refractivity contribution in [3.05, 3.63) is 60.4 Å². The number of rotatable bonds is 4. The van der Waals surface area contributed by atoms with E-state index in [0.717, 1.165) is 5.56 Å². The second kappa shape index (κ2) is 7.98. The van der Waals surface area contributed by atoms with Gasteiger partial charge in [0.1, 0.15) is 0 Å². The summed E-state index contributed by atoms with van der Waals surface area (Å²) in [6, 6.07) is 11.8. The molecule has 2 fully saturated rings. The van der Waals surface area contributed by atoms with Crippen LogP contribution >= 0.6 is 0 Å². The molecular weight excluding hydrogens is 378 g/mol. The Morgan fingerprint density at radius 2 is 1.79 bits per heavy atom. The van der Waals surface area contributed by atoms with Crippen LogP contribution in [0.15, 0.2) is 59.8 Å². The van der Waals surface area contributed by atoms with E-state index < -0.39 is 10.0 Å². The maximum absolute atomic E-state index is 13.1. The molecule has 0 aliphatic carbocycles. The molecule has 0 saturated carbocycles. The molecule has 2 aromatic rings. The third-order valence-electron chi connectivity index (χ3n) is 5.24. The molecular formula is C20H23N3O4S. The lowest BCUT2D eigenvalue weighted by Crippen LogP contribution is -2.48. The summed E-state index contributed by atoms with van der Waals surface area (Å²) in [6.07, 6.45) is 3.61. The molecule has 1 amide bonds.